The number of nitrogens with one attached hydrogen (secondary N) is 1. The first-order chi connectivity index (χ1) is 13.5. The summed E-state index contributed by atoms with van der Waals surface area (Å²) in [6.45, 7) is 5.14. The van der Waals surface area contributed by atoms with Crippen molar-refractivity contribution in [1.82, 2.24) is 4.57 Å². The maximum absolute atomic E-state index is 12.8. The van der Waals surface area contributed by atoms with Crippen LogP contribution in [0.3, 0.4) is 0 Å². The average molecular weight is 430 g/mol. The minimum Gasteiger partial charge on any atom is -0.462 e. The molecule has 2 aromatic heterocycles. The second-order valence-electron chi connectivity index (χ2n) is 6.71. The monoisotopic (exact) mass is 430 g/mol. The van der Waals surface area contributed by atoms with Crippen molar-refractivity contribution in [3.63, 3.8) is 0 Å². The van der Waals surface area contributed by atoms with Crippen LogP contribution in [0.5, 0.6) is 0 Å². The molecule has 0 spiro atoms. The van der Waals surface area contributed by atoms with E-state index in [4.69, 9.17) is 4.74 Å². The zero-order valence-corrected chi connectivity index (χ0v) is 16.9. The van der Waals surface area contributed by atoms with Crippen LogP contribution < -0.4 is 10.9 Å². The van der Waals surface area contributed by atoms with Crippen LogP contribution in [0.2, 0.25) is 0 Å². The molecular formula is C19H21F3N2O4S. The molecular weight excluding hydrogens is 409 g/mol. The fourth-order valence-corrected chi connectivity index (χ4v) is 3.63. The van der Waals surface area contributed by atoms with Gasteiger partial charge in [-0.05, 0) is 36.3 Å². The average Bonchev–Trinajstić information content (AvgIpc) is 2.97. The Morgan fingerprint density at radius 2 is 1.97 bits per heavy atom. The van der Waals surface area contributed by atoms with Crippen molar-refractivity contribution in [2.24, 2.45) is 5.92 Å². The molecule has 0 atom stereocenters. The van der Waals surface area contributed by atoms with Crippen LogP contribution in [-0.4, -0.2) is 23.1 Å². The van der Waals surface area contributed by atoms with Gasteiger partial charge in [0.05, 0.1) is 17.7 Å². The summed E-state index contributed by atoms with van der Waals surface area (Å²) in [5.41, 5.74) is -0.830. The SMILES string of the molecule is CCOC(=O)c1c(CC(C)C)csc1NC(=O)Cn1cc(C(F)(F)F)ccc1=O. The summed E-state index contributed by atoms with van der Waals surface area (Å²) < 4.78 is 44.2. The van der Waals surface area contributed by atoms with Gasteiger partial charge in [-0.15, -0.1) is 11.3 Å². The largest absolute Gasteiger partial charge is 0.462 e. The fraction of sp³-hybridized carbons (Fsp3) is 0.421. The van der Waals surface area contributed by atoms with E-state index in [0.717, 1.165) is 23.0 Å². The number of ether oxygens (including phenoxy) is 1. The third-order valence-corrected chi connectivity index (χ3v) is 4.80. The van der Waals surface area contributed by atoms with Crippen LogP contribution in [-0.2, 0) is 28.7 Å². The summed E-state index contributed by atoms with van der Waals surface area (Å²) in [6, 6.07) is 1.42. The van der Waals surface area contributed by atoms with Gasteiger partial charge in [-0.3, -0.25) is 9.59 Å². The maximum Gasteiger partial charge on any atom is 0.417 e. The molecule has 0 aliphatic carbocycles. The number of hydrogen-bond acceptors (Lipinski definition) is 5. The van der Waals surface area contributed by atoms with E-state index in [1.807, 2.05) is 13.8 Å². The highest BCUT2D eigenvalue weighted by atomic mass is 32.1. The maximum atomic E-state index is 12.8. The second kappa shape index (κ2) is 9.25. The number of hydrogen-bond donors (Lipinski definition) is 1. The first kappa shape index (κ1) is 22.7. The molecule has 10 heteroatoms. The number of halogens is 3. The van der Waals surface area contributed by atoms with Crippen molar-refractivity contribution in [1.29, 1.82) is 0 Å². The summed E-state index contributed by atoms with van der Waals surface area (Å²) in [5, 5.41) is 4.49. The van der Waals surface area contributed by atoms with Crippen molar-refractivity contribution >= 4 is 28.2 Å². The van der Waals surface area contributed by atoms with E-state index in [0.29, 0.717) is 23.3 Å². The molecule has 29 heavy (non-hydrogen) atoms. The molecule has 2 heterocycles. The number of esters is 1. The van der Waals surface area contributed by atoms with E-state index >= 15 is 0 Å². The Balaban J connectivity index is 2.26. The minimum atomic E-state index is -4.64. The van der Waals surface area contributed by atoms with E-state index < -0.39 is 35.7 Å². The quantitative estimate of drug-likeness (QED) is 0.675. The summed E-state index contributed by atoms with van der Waals surface area (Å²) in [4.78, 5) is 36.5. The lowest BCUT2D eigenvalue weighted by Crippen LogP contribution is -2.28. The Kier molecular flexibility index (Phi) is 7.23. The van der Waals surface area contributed by atoms with Crippen molar-refractivity contribution in [3.8, 4) is 0 Å². The molecule has 0 unspecified atom stereocenters. The molecule has 1 N–H and O–H groups in total. The fourth-order valence-electron chi connectivity index (χ4n) is 2.65. The first-order valence-electron chi connectivity index (χ1n) is 8.88. The number of alkyl halides is 3. The zero-order valence-electron chi connectivity index (χ0n) is 16.1. The minimum absolute atomic E-state index is 0.156. The number of carbonyl (C=O) groups is 2. The first-order valence-corrected chi connectivity index (χ1v) is 9.75. The second-order valence-corrected chi connectivity index (χ2v) is 7.59. The van der Waals surface area contributed by atoms with Gasteiger partial charge in [-0.1, -0.05) is 13.8 Å². The van der Waals surface area contributed by atoms with Gasteiger partial charge in [0.25, 0.3) is 5.56 Å². The van der Waals surface area contributed by atoms with Crippen LogP contribution in [0.4, 0.5) is 18.2 Å². The number of carbonyl (C=O) groups excluding carboxylic acids is 2. The summed E-state index contributed by atoms with van der Waals surface area (Å²) in [6.07, 6.45) is -3.46. The highest BCUT2D eigenvalue weighted by Gasteiger charge is 2.31. The summed E-state index contributed by atoms with van der Waals surface area (Å²) in [5.74, 6) is -1.06. The Hall–Kier alpha value is -2.62. The summed E-state index contributed by atoms with van der Waals surface area (Å²) in [7, 11) is 0. The highest BCUT2D eigenvalue weighted by Crippen LogP contribution is 2.31. The smallest absolute Gasteiger partial charge is 0.417 e. The third kappa shape index (κ3) is 5.93. The number of thiophene rings is 1. The van der Waals surface area contributed by atoms with Crippen LogP contribution >= 0.6 is 11.3 Å². The number of nitrogens with zero attached hydrogens (tertiary/aromatic N) is 1. The predicted octanol–water partition coefficient (Wildman–Crippen LogP) is 3.94. The highest BCUT2D eigenvalue weighted by molar-refractivity contribution is 7.15. The molecule has 0 saturated carbocycles. The topological polar surface area (TPSA) is 77.4 Å². The third-order valence-electron chi connectivity index (χ3n) is 3.85. The molecule has 0 aliphatic heterocycles. The van der Waals surface area contributed by atoms with E-state index in [9.17, 15) is 27.6 Å². The van der Waals surface area contributed by atoms with Gasteiger partial charge in [0.2, 0.25) is 5.91 Å². The van der Waals surface area contributed by atoms with Gasteiger partial charge in [0.1, 0.15) is 11.5 Å². The molecule has 0 aliphatic rings. The van der Waals surface area contributed by atoms with Crippen LogP contribution in [0.25, 0.3) is 0 Å². The van der Waals surface area contributed by atoms with Crippen molar-refractivity contribution in [3.05, 3.63) is 50.8 Å². The molecule has 0 saturated heterocycles. The van der Waals surface area contributed by atoms with Gasteiger partial charge < -0.3 is 14.6 Å². The van der Waals surface area contributed by atoms with Gasteiger partial charge in [0.15, 0.2) is 0 Å². The number of anilines is 1. The molecule has 6 nitrogen and oxygen atoms in total. The van der Waals surface area contributed by atoms with Crippen molar-refractivity contribution in [2.45, 2.75) is 39.9 Å². The van der Waals surface area contributed by atoms with E-state index in [1.165, 1.54) is 0 Å². The van der Waals surface area contributed by atoms with Crippen LogP contribution in [0, 0.1) is 5.92 Å². The van der Waals surface area contributed by atoms with Gasteiger partial charge in [0, 0.05) is 12.3 Å². The van der Waals surface area contributed by atoms with Gasteiger partial charge in [-0.25, -0.2) is 4.79 Å². The van der Waals surface area contributed by atoms with E-state index in [1.54, 1.807) is 12.3 Å². The van der Waals surface area contributed by atoms with E-state index in [-0.39, 0.29) is 23.1 Å². The molecule has 0 fully saturated rings. The lowest BCUT2D eigenvalue weighted by Gasteiger charge is -2.12. The van der Waals surface area contributed by atoms with Gasteiger partial charge >= 0.3 is 12.1 Å². The molecule has 2 aromatic rings. The lowest BCUT2D eigenvalue weighted by atomic mass is 10.0. The Bertz CT molecular complexity index is 948. The molecule has 2 rings (SSSR count). The Morgan fingerprint density at radius 3 is 2.55 bits per heavy atom. The number of amides is 1. The van der Waals surface area contributed by atoms with E-state index in [2.05, 4.69) is 5.32 Å². The van der Waals surface area contributed by atoms with Gasteiger partial charge in [-0.2, -0.15) is 13.2 Å². The molecule has 0 bridgehead atoms. The number of pyridine rings is 1. The van der Waals surface area contributed by atoms with Crippen molar-refractivity contribution in [2.75, 3.05) is 11.9 Å². The number of rotatable bonds is 7. The predicted molar refractivity (Wildman–Crippen MR) is 103 cm³/mol. The lowest BCUT2D eigenvalue weighted by molar-refractivity contribution is -0.138. The zero-order chi connectivity index (χ0) is 21.8. The summed E-state index contributed by atoms with van der Waals surface area (Å²) >= 11 is 1.12. The molecule has 1 amide bonds. The van der Waals surface area contributed by atoms with Crippen LogP contribution in [0.1, 0.15) is 42.3 Å². The Labute approximate surface area is 169 Å². The number of aromatic nitrogens is 1. The standard InChI is InChI=1S/C19H21F3N2O4S/c1-4-28-18(27)16-12(7-11(2)3)10-29-17(16)23-14(25)9-24-8-13(19(20,21)22)5-6-15(24)26/h5-6,8,10-11H,4,7,9H2,1-3H3,(H,23,25). The van der Waals surface area contributed by atoms with Crippen LogP contribution in [0.15, 0.2) is 28.5 Å². The molecule has 0 aromatic carbocycles. The normalized spacial score (nSPS) is 11.6. The Morgan fingerprint density at radius 1 is 1.28 bits per heavy atom. The molecule has 158 valence electrons. The molecule has 0 radical (unpaired) electrons. The van der Waals surface area contributed by atoms with Crippen molar-refractivity contribution < 1.29 is 27.5 Å².